The highest BCUT2D eigenvalue weighted by atomic mass is 32.2. The molecule has 0 unspecified atom stereocenters. The van der Waals surface area contributed by atoms with Gasteiger partial charge in [0.05, 0.1) is 0 Å². The van der Waals surface area contributed by atoms with E-state index in [1.165, 1.54) is 47.4 Å². The minimum Gasteiger partial charge on any atom is -0.0877 e. The Balaban J connectivity index is 1.52. The zero-order chi connectivity index (χ0) is 18.2. The quantitative estimate of drug-likeness (QED) is 0.304. The van der Waals surface area contributed by atoms with Gasteiger partial charge in [0.25, 0.3) is 0 Å². The maximum Gasteiger partial charge on any atom is 0.0340 e. The van der Waals surface area contributed by atoms with Crippen LogP contribution in [-0.2, 0) is 0 Å². The Bertz CT molecular complexity index is 1110. The van der Waals surface area contributed by atoms with E-state index in [1.807, 2.05) is 23.5 Å². The minimum absolute atomic E-state index is 1.26. The molecular weight excluding hydrogens is 364 g/mol. The predicted molar refractivity (Wildman–Crippen MR) is 117 cm³/mol. The lowest BCUT2D eigenvalue weighted by atomic mass is 10.00. The number of benzene rings is 4. The summed E-state index contributed by atoms with van der Waals surface area (Å²) in [7, 11) is 0. The predicted octanol–water partition coefficient (Wildman–Crippen LogP) is 7.94. The van der Waals surface area contributed by atoms with Crippen molar-refractivity contribution in [2.45, 2.75) is 26.5 Å². The number of hydrogen-bond acceptors (Lipinski definition) is 2. The van der Waals surface area contributed by atoms with Gasteiger partial charge in [0.2, 0.25) is 0 Å². The molecule has 0 bridgehead atoms. The third kappa shape index (κ3) is 3.20. The monoisotopic (exact) mass is 382 g/mol. The van der Waals surface area contributed by atoms with Gasteiger partial charge in [-0.25, -0.2) is 0 Å². The molecule has 4 aromatic carbocycles. The fraction of sp³-hybridized carbons (Fsp3) is 0.0400. The average Bonchev–Trinajstić information content (AvgIpc) is 2.72. The van der Waals surface area contributed by atoms with Gasteiger partial charge < -0.3 is 0 Å². The maximum atomic E-state index is 2.25. The Morgan fingerprint density at radius 3 is 1.74 bits per heavy atom. The first kappa shape index (κ1) is 16.7. The van der Waals surface area contributed by atoms with Crippen LogP contribution in [0.2, 0.25) is 0 Å². The van der Waals surface area contributed by atoms with Crippen molar-refractivity contribution in [3.8, 4) is 22.3 Å². The number of rotatable bonds is 2. The normalized spacial score (nSPS) is 12.3. The van der Waals surface area contributed by atoms with Crippen molar-refractivity contribution in [3.05, 3.63) is 96.6 Å². The van der Waals surface area contributed by atoms with Crippen LogP contribution in [-0.4, -0.2) is 0 Å². The highest BCUT2D eigenvalue weighted by Crippen LogP contribution is 2.51. The highest BCUT2D eigenvalue weighted by molar-refractivity contribution is 8.05. The molecule has 130 valence electrons. The van der Waals surface area contributed by atoms with E-state index in [0.717, 1.165) is 0 Å². The molecule has 0 fully saturated rings. The summed E-state index contributed by atoms with van der Waals surface area (Å²) in [5.41, 5.74) is 6.41. The molecule has 0 N–H and O–H groups in total. The van der Waals surface area contributed by atoms with Crippen molar-refractivity contribution in [1.82, 2.24) is 0 Å². The molecule has 0 radical (unpaired) electrons. The summed E-state index contributed by atoms with van der Waals surface area (Å²) in [6.45, 7) is 2.12. The van der Waals surface area contributed by atoms with Gasteiger partial charge in [-0.2, -0.15) is 0 Å². The molecule has 0 saturated heterocycles. The number of hydrogen-bond donors (Lipinski definition) is 0. The molecule has 0 spiro atoms. The van der Waals surface area contributed by atoms with E-state index in [1.54, 1.807) is 0 Å². The van der Waals surface area contributed by atoms with Crippen LogP contribution in [0.4, 0.5) is 0 Å². The van der Waals surface area contributed by atoms with Gasteiger partial charge in [0, 0.05) is 19.6 Å². The zero-order valence-corrected chi connectivity index (χ0v) is 16.6. The molecule has 0 saturated carbocycles. The molecule has 1 aliphatic heterocycles. The second-order valence-electron chi connectivity index (χ2n) is 6.73. The van der Waals surface area contributed by atoms with E-state index in [9.17, 15) is 0 Å². The third-order valence-electron chi connectivity index (χ3n) is 4.84. The first-order valence-electron chi connectivity index (χ1n) is 9.03. The lowest BCUT2D eigenvalue weighted by Crippen LogP contribution is -1.92. The van der Waals surface area contributed by atoms with Gasteiger partial charge in [0.15, 0.2) is 0 Å². The van der Waals surface area contributed by atoms with E-state index < -0.39 is 0 Å². The van der Waals surface area contributed by atoms with Crippen molar-refractivity contribution in [2.24, 2.45) is 0 Å². The fourth-order valence-corrected chi connectivity index (χ4v) is 5.77. The summed E-state index contributed by atoms with van der Waals surface area (Å²) in [5.74, 6) is 0. The smallest absolute Gasteiger partial charge is 0.0340 e. The van der Waals surface area contributed by atoms with Crippen LogP contribution in [0.5, 0.6) is 0 Å². The molecule has 0 amide bonds. The van der Waals surface area contributed by atoms with Crippen LogP contribution in [0.3, 0.4) is 0 Å². The molecule has 0 nitrogen and oxygen atoms in total. The van der Waals surface area contributed by atoms with Gasteiger partial charge >= 0.3 is 0 Å². The Morgan fingerprint density at radius 1 is 0.481 bits per heavy atom. The molecule has 4 aromatic rings. The van der Waals surface area contributed by atoms with Crippen molar-refractivity contribution in [1.29, 1.82) is 0 Å². The molecule has 27 heavy (non-hydrogen) atoms. The van der Waals surface area contributed by atoms with Gasteiger partial charge in [-0.05, 0) is 47.4 Å². The van der Waals surface area contributed by atoms with Gasteiger partial charge in [-0.1, -0.05) is 102 Å². The Hall–Kier alpha value is -2.42. The fourth-order valence-electron chi connectivity index (χ4n) is 3.36. The van der Waals surface area contributed by atoms with Crippen LogP contribution in [0, 0.1) is 6.92 Å². The molecular formula is C25H18S2. The van der Waals surface area contributed by atoms with Crippen LogP contribution in [0.15, 0.2) is 111 Å². The van der Waals surface area contributed by atoms with Crippen molar-refractivity contribution < 1.29 is 0 Å². The summed E-state index contributed by atoms with van der Waals surface area (Å²) >= 11 is 3.76. The third-order valence-corrected chi connectivity index (χ3v) is 7.46. The summed E-state index contributed by atoms with van der Waals surface area (Å²) in [4.78, 5) is 5.41. The second-order valence-corrected chi connectivity index (χ2v) is 8.86. The standard InChI is InChI=1S/C25H18S2/c1-17-9-11-18(12-10-17)19-13-15-20(16-14-19)21-5-4-8-24-25(21)27-23-7-3-2-6-22(23)26-24/h2-16H,1H3. The lowest BCUT2D eigenvalue weighted by Gasteiger charge is -2.21. The van der Waals surface area contributed by atoms with Crippen LogP contribution >= 0.6 is 23.5 Å². The number of fused-ring (bicyclic) bond motifs is 2. The average molecular weight is 383 g/mol. The largest absolute Gasteiger partial charge is 0.0877 e. The van der Waals surface area contributed by atoms with Crippen molar-refractivity contribution in [2.75, 3.05) is 0 Å². The zero-order valence-electron chi connectivity index (χ0n) is 15.0. The van der Waals surface area contributed by atoms with Gasteiger partial charge in [-0.15, -0.1) is 0 Å². The first-order chi connectivity index (χ1) is 13.3. The molecule has 1 heterocycles. The van der Waals surface area contributed by atoms with E-state index in [0.29, 0.717) is 0 Å². The summed E-state index contributed by atoms with van der Waals surface area (Å²) in [5, 5.41) is 0. The summed E-state index contributed by atoms with van der Waals surface area (Å²) in [6.07, 6.45) is 0. The number of aryl methyl sites for hydroxylation is 1. The van der Waals surface area contributed by atoms with E-state index in [2.05, 4.69) is 97.9 Å². The van der Waals surface area contributed by atoms with Gasteiger partial charge in [0.1, 0.15) is 0 Å². The van der Waals surface area contributed by atoms with Crippen LogP contribution < -0.4 is 0 Å². The molecule has 0 aromatic heterocycles. The topological polar surface area (TPSA) is 0 Å². The molecule has 0 aliphatic carbocycles. The first-order valence-corrected chi connectivity index (χ1v) is 10.7. The molecule has 2 heteroatoms. The minimum atomic E-state index is 1.26. The molecule has 5 rings (SSSR count). The summed E-state index contributed by atoms with van der Waals surface area (Å²) < 4.78 is 0. The van der Waals surface area contributed by atoms with Crippen LogP contribution in [0.1, 0.15) is 5.56 Å². The molecule has 1 aliphatic rings. The van der Waals surface area contributed by atoms with Crippen molar-refractivity contribution in [3.63, 3.8) is 0 Å². The summed E-state index contributed by atoms with van der Waals surface area (Å²) in [6, 6.07) is 33.0. The Morgan fingerprint density at radius 2 is 1.04 bits per heavy atom. The molecule has 0 atom stereocenters. The van der Waals surface area contributed by atoms with Crippen LogP contribution in [0.25, 0.3) is 22.3 Å². The van der Waals surface area contributed by atoms with E-state index in [4.69, 9.17) is 0 Å². The SMILES string of the molecule is Cc1ccc(-c2ccc(-c3cccc4c3Sc3ccccc3S4)cc2)cc1. The lowest BCUT2D eigenvalue weighted by molar-refractivity contribution is 1.16. The van der Waals surface area contributed by atoms with E-state index in [-0.39, 0.29) is 0 Å². The van der Waals surface area contributed by atoms with E-state index >= 15 is 0 Å². The highest BCUT2D eigenvalue weighted by Gasteiger charge is 2.19. The Kier molecular flexibility index (Phi) is 4.31. The maximum absolute atomic E-state index is 2.25. The van der Waals surface area contributed by atoms with Crippen molar-refractivity contribution >= 4 is 23.5 Å². The van der Waals surface area contributed by atoms with Gasteiger partial charge in [-0.3, -0.25) is 0 Å². The second kappa shape index (κ2) is 6.95. The Labute approximate surface area is 168 Å².